The molecule has 1 fully saturated rings. The van der Waals surface area contributed by atoms with Crippen LogP contribution in [0.5, 0.6) is 0 Å². The molecule has 0 spiro atoms. The maximum absolute atomic E-state index is 12.0. The van der Waals surface area contributed by atoms with Crippen molar-refractivity contribution in [3.63, 3.8) is 0 Å². The lowest BCUT2D eigenvalue weighted by Gasteiger charge is -2.31. The molecule has 1 aliphatic rings. The fraction of sp³-hybridized carbons (Fsp3) is 0.769. The zero-order chi connectivity index (χ0) is 16.9. The monoisotopic (exact) mass is 336 g/mol. The predicted octanol–water partition coefficient (Wildman–Crippen LogP) is 1.24. The summed E-state index contributed by atoms with van der Waals surface area (Å²) in [6.45, 7) is 1.32. The van der Waals surface area contributed by atoms with Gasteiger partial charge in [0.2, 0.25) is 5.91 Å². The van der Waals surface area contributed by atoms with Gasteiger partial charge < -0.3 is 14.4 Å². The van der Waals surface area contributed by atoms with E-state index < -0.39 is 18.9 Å². The van der Waals surface area contributed by atoms with Gasteiger partial charge in [0.05, 0.1) is 26.2 Å². The summed E-state index contributed by atoms with van der Waals surface area (Å²) >= 11 is 0. The highest BCUT2D eigenvalue weighted by Crippen LogP contribution is 2.20. The first-order valence-corrected chi connectivity index (χ1v) is 7.34. The summed E-state index contributed by atoms with van der Waals surface area (Å²) in [5, 5.41) is 6.84. The Balaban J connectivity index is 1.79. The lowest BCUT2D eigenvalue weighted by Crippen LogP contribution is -2.42. The molecule has 0 bridgehead atoms. The standard InChI is InChI=1S/C13H19F3N4O3/c1-2-10-17-12(19-18-10)9-7-20(4-6-23-9)11(21)3-5-22-8-13(14,15)16/h9H,2-8H2,1H3,(H,17,18,19). The SMILES string of the molecule is CCc1nc(C2CN(C(=O)CCOCC(F)(F)F)CCO2)n[nH]1. The van der Waals surface area contributed by atoms with Gasteiger partial charge in [0.1, 0.15) is 18.5 Å². The molecular formula is C13H19F3N4O3. The van der Waals surface area contributed by atoms with Crippen LogP contribution in [0.1, 0.15) is 31.1 Å². The normalized spacial score (nSPS) is 19.1. The highest BCUT2D eigenvalue weighted by molar-refractivity contribution is 5.76. The van der Waals surface area contributed by atoms with Gasteiger partial charge in [-0.1, -0.05) is 6.92 Å². The maximum atomic E-state index is 12.0. The van der Waals surface area contributed by atoms with Crippen molar-refractivity contribution >= 4 is 5.91 Å². The van der Waals surface area contributed by atoms with E-state index in [0.29, 0.717) is 25.4 Å². The van der Waals surface area contributed by atoms with Gasteiger partial charge in [0, 0.05) is 13.0 Å². The third kappa shape index (κ3) is 5.47. The Labute approximate surface area is 131 Å². The number of hydrogen-bond acceptors (Lipinski definition) is 5. The van der Waals surface area contributed by atoms with E-state index in [9.17, 15) is 18.0 Å². The molecule has 0 saturated carbocycles. The molecule has 1 aromatic rings. The molecule has 0 aromatic carbocycles. The Morgan fingerprint density at radius 1 is 1.52 bits per heavy atom. The van der Waals surface area contributed by atoms with Crippen molar-refractivity contribution in [1.29, 1.82) is 0 Å². The number of hydrogen-bond donors (Lipinski definition) is 1. The van der Waals surface area contributed by atoms with Crippen LogP contribution in [0.2, 0.25) is 0 Å². The molecule has 2 rings (SSSR count). The number of carbonyl (C=O) groups excluding carboxylic acids is 1. The minimum Gasteiger partial charge on any atom is -0.372 e. The Kier molecular flexibility index (Phi) is 5.94. The van der Waals surface area contributed by atoms with Crippen molar-refractivity contribution in [1.82, 2.24) is 20.1 Å². The number of nitrogens with one attached hydrogen (secondary N) is 1. The number of rotatable bonds is 6. The number of H-pyrrole nitrogens is 1. The van der Waals surface area contributed by atoms with E-state index in [-0.39, 0.29) is 25.5 Å². The lowest BCUT2D eigenvalue weighted by atomic mass is 10.2. The molecule has 1 amide bonds. The average Bonchev–Trinajstić information content (AvgIpc) is 2.99. The van der Waals surface area contributed by atoms with Crippen molar-refractivity contribution in [3.8, 4) is 0 Å². The van der Waals surface area contributed by atoms with Crippen molar-refractivity contribution < 1.29 is 27.4 Å². The number of nitrogens with zero attached hydrogens (tertiary/aromatic N) is 3. The molecule has 1 unspecified atom stereocenters. The summed E-state index contributed by atoms with van der Waals surface area (Å²) in [5.74, 6) is 0.937. The molecule has 2 heterocycles. The van der Waals surface area contributed by atoms with Gasteiger partial charge in [-0.15, -0.1) is 0 Å². The van der Waals surface area contributed by atoms with Crippen LogP contribution in [-0.2, 0) is 20.7 Å². The predicted molar refractivity (Wildman–Crippen MR) is 72.5 cm³/mol. The van der Waals surface area contributed by atoms with Crippen LogP contribution in [0, 0.1) is 0 Å². The Morgan fingerprint density at radius 3 is 2.96 bits per heavy atom. The summed E-state index contributed by atoms with van der Waals surface area (Å²) in [5.41, 5.74) is 0. The summed E-state index contributed by atoms with van der Waals surface area (Å²) < 4.78 is 45.9. The van der Waals surface area contributed by atoms with E-state index in [1.54, 1.807) is 0 Å². The number of morpholine rings is 1. The van der Waals surface area contributed by atoms with Crippen LogP contribution in [0.25, 0.3) is 0 Å². The summed E-state index contributed by atoms with van der Waals surface area (Å²) in [6.07, 6.45) is -4.20. The van der Waals surface area contributed by atoms with Crippen LogP contribution < -0.4 is 0 Å². The number of aromatic nitrogens is 3. The third-order valence-corrected chi connectivity index (χ3v) is 3.32. The van der Waals surface area contributed by atoms with E-state index >= 15 is 0 Å². The van der Waals surface area contributed by atoms with Crippen LogP contribution in [0.4, 0.5) is 13.2 Å². The summed E-state index contributed by atoms with van der Waals surface area (Å²) in [4.78, 5) is 17.8. The molecule has 1 aromatic heterocycles. The summed E-state index contributed by atoms with van der Waals surface area (Å²) in [7, 11) is 0. The van der Waals surface area contributed by atoms with Crippen LogP contribution >= 0.6 is 0 Å². The number of ether oxygens (including phenoxy) is 2. The number of aryl methyl sites for hydroxylation is 1. The number of halogens is 3. The molecule has 0 radical (unpaired) electrons. The molecule has 1 N–H and O–H groups in total. The minimum absolute atomic E-state index is 0.100. The van der Waals surface area contributed by atoms with Gasteiger partial charge in [-0.2, -0.15) is 18.3 Å². The number of carbonyl (C=O) groups is 1. The zero-order valence-electron chi connectivity index (χ0n) is 12.7. The first-order valence-electron chi connectivity index (χ1n) is 7.34. The quantitative estimate of drug-likeness (QED) is 0.791. The Morgan fingerprint density at radius 2 is 2.30 bits per heavy atom. The second-order valence-corrected chi connectivity index (χ2v) is 5.11. The van der Waals surface area contributed by atoms with Crippen LogP contribution in [-0.4, -0.2) is 65.1 Å². The number of aromatic amines is 1. The number of amides is 1. The van der Waals surface area contributed by atoms with E-state index in [4.69, 9.17) is 4.74 Å². The third-order valence-electron chi connectivity index (χ3n) is 3.32. The van der Waals surface area contributed by atoms with Gasteiger partial charge >= 0.3 is 6.18 Å². The molecule has 130 valence electrons. The average molecular weight is 336 g/mol. The minimum atomic E-state index is -4.38. The van der Waals surface area contributed by atoms with Crippen molar-refractivity contribution in [3.05, 3.63) is 11.6 Å². The first kappa shape index (κ1) is 17.7. The van der Waals surface area contributed by atoms with Gasteiger partial charge in [0.15, 0.2) is 5.82 Å². The van der Waals surface area contributed by atoms with Gasteiger partial charge in [-0.25, -0.2) is 4.98 Å². The zero-order valence-corrected chi connectivity index (χ0v) is 12.7. The fourth-order valence-corrected chi connectivity index (χ4v) is 2.15. The second kappa shape index (κ2) is 7.73. The van der Waals surface area contributed by atoms with Crippen LogP contribution in [0.15, 0.2) is 0 Å². The smallest absolute Gasteiger partial charge is 0.372 e. The molecule has 1 aliphatic heterocycles. The van der Waals surface area contributed by atoms with E-state index in [0.717, 1.165) is 5.82 Å². The van der Waals surface area contributed by atoms with Crippen LogP contribution in [0.3, 0.4) is 0 Å². The van der Waals surface area contributed by atoms with Gasteiger partial charge in [0.25, 0.3) is 0 Å². The molecular weight excluding hydrogens is 317 g/mol. The Hall–Kier alpha value is -1.68. The maximum Gasteiger partial charge on any atom is 0.411 e. The fourth-order valence-electron chi connectivity index (χ4n) is 2.15. The first-order chi connectivity index (χ1) is 10.9. The molecule has 23 heavy (non-hydrogen) atoms. The molecule has 7 nitrogen and oxygen atoms in total. The van der Waals surface area contributed by atoms with Gasteiger partial charge in [-0.05, 0) is 0 Å². The highest BCUT2D eigenvalue weighted by atomic mass is 19.4. The highest BCUT2D eigenvalue weighted by Gasteiger charge is 2.29. The molecule has 10 heteroatoms. The van der Waals surface area contributed by atoms with Crippen molar-refractivity contribution in [2.45, 2.75) is 32.0 Å². The van der Waals surface area contributed by atoms with Crippen molar-refractivity contribution in [2.24, 2.45) is 0 Å². The summed E-state index contributed by atoms with van der Waals surface area (Å²) in [6, 6.07) is 0. The van der Waals surface area contributed by atoms with E-state index in [2.05, 4.69) is 19.9 Å². The molecule has 1 saturated heterocycles. The molecule has 0 aliphatic carbocycles. The van der Waals surface area contributed by atoms with E-state index in [1.807, 2.05) is 6.92 Å². The topological polar surface area (TPSA) is 80.3 Å². The van der Waals surface area contributed by atoms with E-state index in [1.165, 1.54) is 4.90 Å². The second-order valence-electron chi connectivity index (χ2n) is 5.11. The van der Waals surface area contributed by atoms with Gasteiger partial charge in [-0.3, -0.25) is 9.89 Å². The Bertz CT molecular complexity index is 521. The molecule has 1 atom stereocenters. The lowest BCUT2D eigenvalue weighted by molar-refractivity contribution is -0.175. The number of alkyl halides is 3. The largest absolute Gasteiger partial charge is 0.411 e. The van der Waals surface area contributed by atoms with Crippen molar-refractivity contribution in [2.75, 3.05) is 32.9 Å².